The van der Waals surface area contributed by atoms with E-state index in [0.29, 0.717) is 5.92 Å². The summed E-state index contributed by atoms with van der Waals surface area (Å²) in [7, 11) is 0. The average Bonchev–Trinajstić information content (AvgIpc) is 2.71. The number of imidazole rings is 1. The van der Waals surface area contributed by atoms with Gasteiger partial charge in [0.05, 0.1) is 17.1 Å². The van der Waals surface area contributed by atoms with Crippen molar-refractivity contribution >= 4 is 11.0 Å². The first-order chi connectivity index (χ1) is 9.11. The first kappa shape index (κ1) is 12.4. The number of hydrogen-bond donors (Lipinski definition) is 4. The number of hydrogen-bond acceptors (Lipinski definition) is 3. The Bertz CT molecular complexity index is 625. The summed E-state index contributed by atoms with van der Waals surface area (Å²) in [6.07, 6.45) is 1.72. The minimum Gasteiger partial charge on any atom is -0.393 e. The molecule has 0 aliphatic heterocycles. The Hall–Kier alpha value is -1.59. The zero-order valence-electron chi connectivity index (χ0n) is 10.9. The summed E-state index contributed by atoms with van der Waals surface area (Å²) >= 11 is 0. The van der Waals surface area contributed by atoms with Crippen LogP contribution in [-0.4, -0.2) is 27.7 Å². The minimum absolute atomic E-state index is 0.0941. The molecule has 19 heavy (non-hydrogen) atoms. The van der Waals surface area contributed by atoms with E-state index in [0.717, 1.165) is 36.0 Å². The van der Waals surface area contributed by atoms with Crippen molar-refractivity contribution in [1.29, 1.82) is 0 Å². The Morgan fingerprint density at radius 3 is 2.84 bits per heavy atom. The molecule has 1 aliphatic rings. The van der Waals surface area contributed by atoms with Crippen LogP contribution in [0.1, 0.15) is 31.4 Å². The predicted octanol–water partition coefficient (Wildman–Crippen LogP) is 1.28. The van der Waals surface area contributed by atoms with E-state index >= 15 is 0 Å². The fourth-order valence-electron chi connectivity index (χ4n) is 2.65. The highest BCUT2D eigenvalue weighted by molar-refractivity contribution is 5.75. The molecule has 1 fully saturated rings. The Morgan fingerprint density at radius 2 is 2.11 bits per heavy atom. The first-order valence-corrected chi connectivity index (χ1v) is 6.75. The van der Waals surface area contributed by atoms with E-state index in [-0.39, 0.29) is 17.8 Å². The third-order valence-electron chi connectivity index (χ3n) is 3.96. The molecule has 0 amide bonds. The molecule has 1 unspecified atom stereocenters. The number of H-pyrrole nitrogens is 2. The second-order valence-corrected chi connectivity index (χ2v) is 5.51. The molecule has 0 saturated heterocycles. The van der Waals surface area contributed by atoms with Crippen molar-refractivity contribution in [2.75, 3.05) is 6.54 Å². The molecule has 0 bridgehead atoms. The smallest absolute Gasteiger partial charge is 0.323 e. The lowest BCUT2D eigenvalue weighted by Crippen LogP contribution is -2.36. The highest BCUT2D eigenvalue weighted by Crippen LogP contribution is 2.27. The van der Waals surface area contributed by atoms with Crippen molar-refractivity contribution in [3.63, 3.8) is 0 Å². The summed E-state index contributed by atoms with van der Waals surface area (Å²) in [4.78, 5) is 16.7. The summed E-state index contributed by atoms with van der Waals surface area (Å²) in [5.74, 6) is 0.591. The second-order valence-electron chi connectivity index (χ2n) is 5.51. The number of nitrogens with one attached hydrogen (secondary N) is 3. The van der Waals surface area contributed by atoms with Crippen molar-refractivity contribution in [3.05, 3.63) is 34.2 Å². The lowest BCUT2D eigenvalue weighted by Gasteiger charge is -2.32. The van der Waals surface area contributed by atoms with Gasteiger partial charge in [-0.3, -0.25) is 0 Å². The molecule has 4 N–H and O–H groups in total. The van der Waals surface area contributed by atoms with E-state index < -0.39 is 0 Å². The number of rotatable bonds is 4. The van der Waals surface area contributed by atoms with Crippen molar-refractivity contribution in [1.82, 2.24) is 15.3 Å². The van der Waals surface area contributed by atoms with Crippen LogP contribution in [0.5, 0.6) is 0 Å². The summed E-state index contributed by atoms with van der Waals surface area (Å²) in [5.41, 5.74) is 2.66. The first-order valence-electron chi connectivity index (χ1n) is 6.75. The van der Waals surface area contributed by atoms with Gasteiger partial charge in [0.2, 0.25) is 0 Å². The van der Waals surface area contributed by atoms with Crippen LogP contribution in [0.15, 0.2) is 23.0 Å². The Balaban J connectivity index is 1.66. The van der Waals surface area contributed by atoms with Crippen molar-refractivity contribution in [2.24, 2.45) is 5.92 Å². The van der Waals surface area contributed by atoms with Gasteiger partial charge in [0.25, 0.3) is 0 Å². The molecule has 2 aromatic rings. The van der Waals surface area contributed by atoms with Gasteiger partial charge >= 0.3 is 5.69 Å². The average molecular weight is 261 g/mol. The number of aliphatic hydroxyl groups excluding tert-OH is 1. The van der Waals surface area contributed by atoms with E-state index in [1.165, 1.54) is 0 Å². The lowest BCUT2D eigenvalue weighted by molar-refractivity contribution is 0.0421. The molecule has 1 aromatic carbocycles. The zero-order valence-corrected chi connectivity index (χ0v) is 10.9. The molecule has 1 heterocycles. The molecule has 5 heteroatoms. The molecule has 0 spiro atoms. The zero-order chi connectivity index (χ0) is 13.4. The summed E-state index contributed by atoms with van der Waals surface area (Å²) in [6.45, 7) is 3.04. The largest absolute Gasteiger partial charge is 0.393 e. The molecule has 1 aliphatic carbocycles. The fourth-order valence-corrected chi connectivity index (χ4v) is 2.65. The lowest BCUT2D eigenvalue weighted by atomic mass is 9.82. The highest BCUT2D eigenvalue weighted by Gasteiger charge is 2.26. The SMILES string of the molecule is CC(NCC1CC(O)C1)c1ccc2[nH]c(=O)[nH]c2c1. The maximum atomic E-state index is 11.2. The molecule has 1 atom stereocenters. The van der Waals surface area contributed by atoms with Crippen molar-refractivity contribution in [2.45, 2.75) is 31.9 Å². The Morgan fingerprint density at radius 1 is 1.37 bits per heavy atom. The minimum atomic E-state index is -0.170. The maximum Gasteiger partial charge on any atom is 0.323 e. The molecule has 1 aromatic heterocycles. The third kappa shape index (κ3) is 2.57. The fraction of sp³-hybridized carbons (Fsp3) is 0.500. The van der Waals surface area contributed by atoms with Crippen molar-refractivity contribution < 1.29 is 5.11 Å². The molecule has 0 radical (unpaired) electrons. The van der Waals surface area contributed by atoms with Gasteiger partial charge < -0.3 is 20.4 Å². The van der Waals surface area contributed by atoms with Gasteiger partial charge in [0.15, 0.2) is 0 Å². The van der Waals surface area contributed by atoms with Gasteiger partial charge in [-0.25, -0.2) is 4.79 Å². The van der Waals surface area contributed by atoms with E-state index in [2.05, 4.69) is 22.2 Å². The topological polar surface area (TPSA) is 80.9 Å². The number of aromatic amines is 2. The van der Waals surface area contributed by atoms with E-state index in [1.807, 2.05) is 18.2 Å². The summed E-state index contributed by atoms with van der Waals surface area (Å²) < 4.78 is 0. The number of aliphatic hydroxyl groups is 1. The van der Waals surface area contributed by atoms with Gasteiger partial charge in [-0.2, -0.15) is 0 Å². The molecule has 3 rings (SSSR count). The second kappa shape index (κ2) is 4.83. The molecule has 5 nitrogen and oxygen atoms in total. The Labute approximate surface area is 111 Å². The predicted molar refractivity (Wildman–Crippen MR) is 74.1 cm³/mol. The monoisotopic (exact) mass is 261 g/mol. The number of aromatic nitrogens is 2. The number of benzene rings is 1. The molecular weight excluding hydrogens is 242 g/mol. The summed E-state index contributed by atoms with van der Waals surface area (Å²) in [5, 5.41) is 12.7. The maximum absolute atomic E-state index is 11.2. The van der Waals surface area contributed by atoms with Crippen LogP contribution in [0.3, 0.4) is 0 Å². The van der Waals surface area contributed by atoms with Gasteiger partial charge in [-0.15, -0.1) is 0 Å². The molecular formula is C14H19N3O2. The van der Waals surface area contributed by atoms with Gasteiger partial charge in [0, 0.05) is 6.04 Å². The van der Waals surface area contributed by atoms with E-state index in [1.54, 1.807) is 0 Å². The quantitative estimate of drug-likeness (QED) is 0.669. The van der Waals surface area contributed by atoms with Crippen LogP contribution in [0, 0.1) is 5.92 Å². The normalized spacial score (nSPS) is 24.3. The van der Waals surface area contributed by atoms with Crippen LogP contribution in [0.25, 0.3) is 11.0 Å². The van der Waals surface area contributed by atoms with Crippen molar-refractivity contribution in [3.8, 4) is 0 Å². The van der Waals surface area contributed by atoms with Crippen LogP contribution in [0.4, 0.5) is 0 Å². The van der Waals surface area contributed by atoms with Crippen LogP contribution in [-0.2, 0) is 0 Å². The standard InChI is InChI=1S/C14H19N3O2/c1-8(15-7-9-4-11(18)5-9)10-2-3-12-13(6-10)17-14(19)16-12/h2-3,6,8-9,11,15,18H,4-5,7H2,1H3,(H2,16,17,19). The summed E-state index contributed by atoms with van der Waals surface area (Å²) in [6, 6.07) is 6.19. The van der Waals surface area contributed by atoms with Gasteiger partial charge in [-0.1, -0.05) is 6.07 Å². The molecule has 102 valence electrons. The van der Waals surface area contributed by atoms with Crippen LogP contribution >= 0.6 is 0 Å². The van der Waals surface area contributed by atoms with Gasteiger partial charge in [-0.05, 0) is 49.9 Å². The van der Waals surface area contributed by atoms with Crippen LogP contribution in [0.2, 0.25) is 0 Å². The third-order valence-corrected chi connectivity index (χ3v) is 3.96. The number of fused-ring (bicyclic) bond motifs is 1. The Kier molecular flexibility index (Phi) is 3.16. The van der Waals surface area contributed by atoms with Gasteiger partial charge in [0.1, 0.15) is 0 Å². The van der Waals surface area contributed by atoms with Crippen LogP contribution < -0.4 is 11.0 Å². The van der Waals surface area contributed by atoms with E-state index in [4.69, 9.17) is 0 Å². The van der Waals surface area contributed by atoms with E-state index in [9.17, 15) is 9.90 Å². The highest BCUT2D eigenvalue weighted by atomic mass is 16.3. The molecule has 1 saturated carbocycles.